The zero-order chi connectivity index (χ0) is 15.5. The highest BCUT2D eigenvalue weighted by molar-refractivity contribution is 5.92. The average molecular weight is 303 g/mol. The number of aromatic nitrogens is 4. The molecule has 2 aromatic rings. The van der Waals surface area contributed by atoms with Gasteiger partial charge in [0.2, 0.25) is 0 Å². The van der Waals surface area contributed by atoms with Crippen LogP contribution < -0.4 is 4.74 Å². The Hall–Kier alpha value is -2.48. The van der Waals surface area contributed by atoms with Gasteiger partial charge in [-0.25, -0.2) is 4.98 Å². The van der Waals surface area contributed by atoms with Crippen LogP contribution in [0.15, 0.2) is 18.3 Å². The van der Waals surface area contributed by atoms with Gasteiger partial charge in [-0.1, -0.05) is 0 Å². The Kier molecular flexibility index (Phi) is 4.01. The first-order valence-corrected chi connectivity index (χ1v) is 6.97. The Labute approximate surface area is 127 Å². The smallest absolute Gasteiger partial charge is 0.272 e. The third-order valence-corrected chi connectivity index (χ3v) is 3.44. The minimum absolute atomic E-state index is 0.153. The van der Waals surface area contributed by atoms with Crippen LogP contribution in [0.1, 0.15) is 28.2 Å². The molecule has 116 valence electrons. The minimum atomic E-state index is -0.326. The van der Waals surface area contributed by atoms with Gasteiger partial charge < -0.3 is 14.4 Å². The summed E-state index contributed by atoms with van der Waals surface area (Å²) in [6, 6.07) is 3.33. The summed E-state index contributed by atoms with van der Waals surface area (Å²) in [5, 5.41) is 6.88. The zero-order valence-corrected chi connectivity index (χ0v) is 12.4. The Morgan fingerprint density at radius 1 is 1.55 bits per heavy atom. The highest BCUT2D eigenvalue weighted by Crippen LogP contribution is 2.21. The molecular formula is C14H17N5O3. The van der Waals surface area contributed by atoms with E-state index in [1.807, 2.05) is 6.92 Å². The van der Waals surface area contributed by atoms with Gasteiger partial charge in [-0.2, -0.15) is 5.10 Å². The van der Waals surface area contributed by atoms with Crippen LogP contribution in [0.25, 0.3) is 0 Å². The molecule has 0 radical (unpaired) electrons. The number of hydrogen-bond acceptors (Lipinski definition) is 6. The third kappa shape index (κ3) is 2.91. The number of amides is 1. The molecule has 0 aliphatic carbocycles. The molecule has 1 fully saturated rings. The minimum Gasteiger partial charge on any atom is -0.497 e. The van der Waals surface area contributed by atoms with Crippen LogP contribution >= 0.6 is 0 Å². The van der Waals surface area contributed by atoms with Gasteiger partial charge in [0.15, 0.2) is 5.82 Å². The molecule has 3 rings (SSSR count). The normalized spacial score (nSPS) is 18.3. The lowest BCUT2D eigenvalue weighted by Crippen LogP contribution is -2.42. The summed E-state index contributed by atoms with van der Waals surface area (Å²) in [6.07, 6.45) is 1.23. The average Bonchev–Trinajstić information content (AvgIpc) is 3.01. The molecule has 1 aliphatic rings. The van der Waals surface area contributed by atoms with Crippen molar-refractivity contribution >= 4 is 5.91 Å². The molecule has 1 N–H and O–H groups in total. The van der Waals surface area contributed by atoms with Crippen molar-refractivity contribution in [2.45, 2.75) is 13.0 Å². The fraction of sp³-hybridized carbons (Fsp3) is 0.429. The van der Waals surface area contributed by atoms with Crippen molar-refractivity contribution in [2.75, 3.05) is 26.8 Å². The predicted molar refractivity (Wildman–Crippen MR) is 76.5 cm³/mol. The summed E-state index contributed by atoms with van der Waals surface area (Å²) >= 11 is 0. The third-order valence-electron chi connectivity index (χ3n) is 3.44. The van der Waals surface area contributed by atoms with E-state index in [0.717, 1.165) is 5.82 Å². The van der Waals surface area contributed by atoms with E-state index in [0.29, 0.717) is 37.0 Å². The van der Waals surface area contributed by atoms with Crippen molar-refractivity contribution in [1.82, 2.24) is 25.1 Å². The van der Waals surface area contributed by atoms with E-state index in [-0.39, 0.29) is 12.0 Å². The first kappa shape index (κ1) is 14.5. The number of aromatic amines is 1. The molecular weight excluding hydrogens is 286 g/mol. The standard InChI is InChI=1S/C14H17N5O3/c1-9-16-13(18-17-9)12-8-19(5-6-22-12)14(20)11-7-10(21-2)3-4-15-11/h3-4,7,12H,5-6,8H2,1-2H3,(H,16,17,18). The number of pyridine rings is 1. The van der Waals surface area contributed by atoms with Gasteiger partial charge in [0.1, 0.15) is 23.4 Å². The molecule has 1 unspecified atom stereocenters. The first-order valence-electron chi connectivity index (χ1n) is 6.97. The lowest BCUT2D eigenvalue weighted by atomic mass is 10.2. The fourth-order valence-corrected chi connectivity index (χ4v) is 2.31. The molecule has 2 aromatic heterocycles. The summed E-state index contributed by atoms with van der Waals surface area (Å²) in [5.74, 6) is 1.73. The van der Waals surface area contributed by atoms with E-state index in [1.165, 1.54) is 0 Å². The topological polar surface area (TPSA) is 93.2 Å². The van der Waals surface area contributed by atoms with Gasteiger partial charge in [0, 0.05) is 18.8 Å². The van der Waals surface area contributed by atoms with Crippen molar-refractivity contribution in [3.8, 4) is 5.75 Å². The molecule has 22 heavy (non-hydrogen) atoms. The lowest BCUT2D eigenvalue weighted by molar-refractivity contribution is -0.0268. The quantitative estimate of drug-likeness (QED) is 0.898. The maximum Gasteiger partial charge on any atom is 0.272 e. The van der Waals surface area contributed by atoms with Gasteiger partial charge in [0.25, 0.3) is 5.91 Å². The zero-order valence-electron chi connectivity index (χ0n) is 12.4. The van der Waals surface area contributed by atoms with Crippen LogP contribution in [0.3, 0.4) is 0 Å². The summed E-state index contributed by atoms with van der Waals surface area (Å²) in [7, 11) is 1.56. The Bertz CT molecular complexity index is 672. The summed E-state index contributed by atoms with van der Waals surface area (Å²) < 4.78 is 10.8. The monoisotopic (exact) mass is 303 g/mol. The van der Waals surface area contributed by atoms with Gasteiger partial charge in [-0.05, 0) is 13.0 Å². The SMILES string of the molecule is COc1ccnc(C(=O)N2CCOC(c3n[nH]c(C)n3)C2)c1. The van der Waals surface area contributed by atoms with Crippen molar-refractivity contribution in [3.63, 3.8) is 0 Å². The van der Waals surface area contributed by atoms with E-state index < -0.39 is 0 Å². The van der Waals surface area contributed by atoms with E-state index >= 15 is 0 Å². The number of hydrogen-bond donors (Lipinski definition) is 1. The number of aryl methyl sites for hydroxylation is 1. The molecule has 1 amide bonds. The predicted octanol–water partition coefficient (Wildman–Crippen LogP) is 0.730. The molecule has 1 atom stereocenters. The van der Waals surface area contributed by atoms with Crippen LogP contribution in [0.5, 0.6) is 5.75 Å². The molecule has 8 nitrogen and oxygen atoms in total. The number of nitrogens with one attached hydrogen (secondary N) is 1. The van der Waals surface area contributed by atoms with Crippen molar-refractivity contribution < 1.29 is 14.3 Å². The van der Waals surface area contributed by atoms with Gasteiger partial charge >= 0.3 is 0 Å². The number of H-pyrrole nitrogens is 1. The molecule has 0 aromatic carbocycles. The van der Waals surface area contributed by atoms with Gasteiger partial charge in [-0.15, -0.1) is 0 Å². The van der Waals surface area contributed by atoms with Crippen LogP contribution in [-0.4, -0.2) is 57.8 Å². The Morgan fingerprint density at radius 3 is 3.14 bits per heavy atom. The number of carbonyl (C=O) groups excluding carboxylic acids is 1. The number of morpholine rings is 1. The molecule has 1 saturated heterocycles. The lowest BCUT2D eigenvalue weighted by Gasteiger charge is -2.31. The van der Waals surface area contributed by atoms with Crippen molar-refractivity contribution in [3.05, 3.63) is 35.7 Å². The van der Waals surface area contributed by atoms with Crippen molar-refractivity contribution in [1.29, 1.82) is 0 Å². The second-order valence-electron chi connectivity index (χ2n) is 4.97. The summed E-state index contributed by atoms with van der Waals surface area (Å²) in [4.78, 5) is 22.6. The van der Waals surface area contributed by atoms with Crippen LogP contribution in [0.2, 0.25) is 0 Å². The Morgan fingerprint density at radius 2 is 2.41 bits per heavy atom. The van der Waals surface area contributed by atoms with E-state index in [1.54, 1.807) is 30.3 Å². The van der Waals surface area contributed by atoms with E-state index in [9.17, 15) is 4.79 Å². The number of rotatable bonds is 3. The number of carbonyl (C=O) groups is 1. The van der Waals surface area contributed by atoms with Gasteiger partial charge in [-0.3, -0.25) is 14.9 Å². The maximum absolute atomic E-state index is 12.6. The number of ether oxygens (including phenoxy) is 2. The second kappa shape index (κ2) is 6.10. The van der Waals surface area contributed by atoms with Crippen LogP contribution in [-0.2, 0) is 4.74 Å². The molecule has 0 spiro atoms. The largest absolute Gasteiger partial charge is 0.497 e. The van der Waals surface area contributed by atoms with Crippen LogP contribution in [0.4, 0.5) is 0 Å². The van der Waals surface area contributed by atoms with E-state index in [2.05, 4.69) is 20.2 Å². The number of nitrogens with zero attached hydrogens (tertiary/aromatic N) is 4. The highest BCUT2D eigenvalue weighted by Gasteiger charge is 2.29. The molecule has 0 saturated carbocycles. The first-order chi connectivity index (χ1) is 10.7. The Balaban J connectivity index is 1.75. The molecule has 1 aliphatic heterocycles. The van der Waals surface area contributed by atoms with Crippen molar-refractivity contribution in [2.24, 2.45) is 0 Å². The summed E-state index contributed by atoms with van der Waals surface area (Å²) in [5.41, 5.74) is 0.353. The van der Waals surface area contributed by atoms with Gasteiger partial charge in [0.05, 0.1) is 20.3 Å². The molecule has 0 bridgehead atoms. The van der Waals surface area contributed by atoms with E-state index in [4.69, 9.17) is 9.47 Å². The number of methoxy groups -OCH3 is 1. The fourth-order valence-electron chi connectivity index (χ4n) is 2.31. The summed E-state index contributed by atoms with van der Waals surface area (Å²) in [6.45, 7) is 3.17. The highest BCUT2D eigenvalue weighted by atomic mass is 16.5. The second-order valence-corrected chi connectivity index (χ2v) is 4.97. The molecule has 3 heterocycles. The van der Waals surface area contributed by atoms with Crippen LogP contribution in [0, 0.1) is 6.92 Å². The molecule has 8 heteroatoms. The maximum atomic E-state index is 12.6.